The quantitative estimate of drug-likeness (QED) is 0.441. The Labute approximate surface area is 118 Å². The highest BCUT2D eigenvalue weighted by atomic mass is 19.3. The van der Waals surface area contributed by atoms with Crippen LogP contribution in [0.3, 0.4) is 0 Å². The van der Waals surface area contributed by atoms with Crippen molar-refractivity contribution >= 4 is 12.0 Å². The number of carboxylic acid groups (broad SMARTS) is 1. The van der Waals surface area contributed by atoms with Crippen molar-refractivity contribution < 1.29 is 32.2 Å². The molecule has 0 aromatic heterocycles. The zero-order valence-corrected chi connectivity index (χ0v) is 10.6. The largest absolute Gasteiger partial charge is 0.545 e. The summed E-state index contributed by atoms with van der Waals surface area (Å²) in [6.07, 6.45) is 1.30. The summed E-state index contributed by atoms with van der Waals surface area (Å²) in [6.45, 7) is -1.41. The van der Waals surface area contributed by atoms with E-state index in [9.17, 15) is 27.5 Å². The van der Waals surface area contributed by atoms with Crippen LogP contribution in [0.25, 0.3) is 6.08 Å². The normalized spacial score (nSPS) is 12.4. The van der Waals surface area contributed by atoms with E-state index in [1.807, 2.05) is 0 Å². The van der Waals surface area contributed by atoms with E-state index in [1.165, 1.54) is 36.4 Å². The van der Waals surface area contributed by atoms with Crippen LogP contribution in [0.15, 0.2) is 42.5 Å². The van der Waals surface area contributed by atoms with Gasteiger partial charge in [-0.15, -0.1) is 0 Å². The molecule has 7 heteroatoms. The molecule has 0 aliphatic rings. The monoisotopic (exact) mass is 303 g/mol. The van der Waals surface area contributed by atoms with E-state index < -0.39 is 24.9 Å². The summed E-state index contributed by atoms with van der Waals surface area (Å²) in [7, 11) is 0. The molecule has 0 saturated heterocycles. The Hall–Kier alpha value is -2.31. The van der Waals surface area contributed by atoms with Crippen LogP contribution in [0.4, 0.5) is 17.6 Å². The highest BCUT2D eigenvalue weighted by molar-refractivity contribution is 5.78. The summed E-state index contributed by atoms with van der Waals surface area (Å²) in [5, 5.41) is 10.1. The van der Waals surface area contributed by atoms with Gasteiger partial charge in [0.25, 0.3) is 0 Å². The molecule has 0 spiro atoms. The summed E-state index contributed by atoms with van der Waals surface area (Å²) in [6, 6.07) is 5.67. The second kappa shape index (κ2) is 7.47. The predicted molar refractivity (Wildman–Crippen MR) is 66.1 cm³/mol. The molecule has 0 amide bonds. The highest BCUT2D eigenvalue weighted by Gasteiger charge is 2.41. The van der Waals surface area contributed by atoms with Crippen molar-refractivity contribution in [3.8, 4) is 5.75 Å². The van der Waals surface area contributed by atoms with Gasteiger partial charge in [-0.05, 0) is 23.8 Å². The molecule has 1 aromatic carbocycles. The minimum absolute atomic E-state index is 0.0257. The molecule has 0 saturated carbocycles. The van der Waals surface area contributed by atoms with Gasteiger partial charge in [-0.3, -0.25) is 0 Å². The second-order valence-corrected chi connectivity index (χ2v) is 3.96. The van der Waals surface area contributed by atoms with Gasteiger partial charge in [0.2, 0.25) is 0 Å². The molecule has 0 unspecified atom stereocenters. The third kappa shape index (κ3) is 6.11. The molecule has 21 heavy (non-hydrogen) atoms. The van der Waals surface area contributed by atoms with Gasteiger partial charge in [0, 0.05) is 0 Å². The summed E-state index contributed by atoms with van der Waals surface area (Å²) in [4.78, 5) is 10.1. The fraction of sp³-hybridized carbons (Fsp3) is 0.214. The van der Waals surface area contributed by atoms with Crippen molar-refractivity contribution in [2.24, 2.45) is 0 Å². The summed E-state index contributed by atoms with van der Waals surface area (Å²) >= 11 is 0. The lowest BCUT2D eigenvalue weighted by molar-refractivity contribution is -0.297. The molecule has 0 atom stereocenters. The minimum atomic E-state index is -4.20. The van der Waals surface area contributed by atoms with E-state index in [1.54, 1.807) is 6.08 Å². The maximum absolute atomic E-state index is 12.6. The van der Waals surface area contributed by atoms with E-state index >= 15 is 0 Å². The van der Waals surface area contributed by atoms with Crippen molar-refractivity contribution in [3.05, 3.63) is 48.1 Å². The Morgan fingerprint density at radius 3 is 2.38 bits per heavy atom. The molecule has 114 valence electrons. The third-order valence-electron chi connectivity index (χ3n) is 2.26. The Morgan fingerprint density at radius 2 is 1.86 bits per heavy atom. The standard InChI is InChI=1S/C14H12F4O3/c15-13(16)14(17,18)9-21-11-7-5-10(6-8-11)3-1-2-4-12(19)20/h1-8,13H,9H2,(H,19,20)/p-1/b3-1+,4-2+. The number of benzene rings is 1. The Balaban J connectivity index is 2.56. The summed E-state index contributed by atoms with van der Waals surface area (Å²) in [5.41, 5.74) is 0.644. The zero-order valence-electron chi connectivity index (χ0n) is 10.6. The Kier molecular flexibility index (Phi) is 5.95. The number of hydrogen-bond acceptors (Lipinski definition) is 3. The molecule has 1 aromatic rings. The van der Waals surface area contributed by atoms with Gasteiger partial charge in [-0.1, -0.05) is 30.4 Å². The number of aliphatic carboxylic acids is 1. The molecule has 0 aliphatic carbocycles. The molecule has 3 nitrogen and oxygen atoms in total. The van der Waals surface area contributed by atoms with Gasteiger partial charge in [0.05, 0.1) is 5.97 Å². The van der Waals surface area contributed by atoms with E-state index in [4.69, 9.17) is 0 Å². The molecule has 0 N–H and O–H groups in total. The first-order chi connectivity index (χ1) is 9.81. The SMILES string of the molecule is O=C([O-])/C=C/C=C/c1ccc(OCC(F)(F)C(F)F)cc1. The first-order valence-electron chi connectivity index (χ1n) is 5.76. The van der Waals surface area contributed by atoms with E-state index in [2.05, 4.69) is 4.74 Å². The lowest BCUT2D eigenvalue weighted by Crippen LogP contribution is -2.33. The van der Waals surface area contributed by atoms with Gasteiger partial charge in [-0.2, -0.15) is 8.78 Å². The molecule has 0 heterocycles. The molecular weight excluding hydrogens is 292 g/mol. The number of carbonyl (C=O) groups is 1. The maximum Gasteiger partial charge on any atom is 0.340 e. The topological polar surface area (TPSA) is 49.4 Å². The van der Waals surface area contributed by atoms with Gasteiger partial charge < -0.3 is 14.6 Å². The fourth-order valence-corrected chi connectivity index (χ4v) is 1.22. The molecule has 0 fully saturated rings. The van der Waals surface area contributed by atoms with Gasteiger partial charge in [-0.25, -0.2) is 8.78 Å². The molecule has 0 bridgehead atoms. The van der Waals surface area contributed by atoms with Crippen LogP contribution in [0, 0.1) is 0 Å². The summed E-state index contributed by atoms with van der Waals surface area (Å²) < 4.78 is 53.7. The Morgan fingerprint density at radius 1 is 1.24 bits per heavy atom. The van der Waals surface area contributed by atoms with Crippen LogP contribution >= 0.6 is 0 Å². The van der Waals surface area contributed by atoms with Crippen molar-refractivity contribution in [1.82, 2.24) is 0 Å². The zero-order chi connectivity index (χ0) is 15.9. The molecule has 1 rings (SSSR count). The van der Waals surface area contributed by atoms with Crippen LogP contribution in [0.1, 0.15) is 5.56 Å². The minimum Gasteiger partial charge on any atom is -0.545 e. The van der Waals surface area contributed by atoms with Gasteiger partial charge in [0.1, 0.15) is 5.75 Å². The first kappa shape index (κ1) is 16.7. The van der Waals surface area contributed by atoms with Crippen molar-refractivity contribution in [1.29, 1.82) is 0 Å². The number of halogens is 4. The number of hydrogen-bond donors (Lipinski definition) is 0. The average Bonchev–Trinajstić information content (AvgIpc) is 2.42. The van der Waals surface area contributed by atoms with Crippen LogP contribution < -0.4 is 9.84 Å². The van der Waals surface area contributed by atoms with E-state index in [0.717, 1.165) is 6.08 Å². The summed E-state index contributed by atoms with van der Waals surface area (Å²) in [5.74, 6) is -5.50. The predicted octanol–water partition coefficient (Wildman–Crippen LogP) is 2.29. The number of alkyl halides is 4. The van der Waals surface area contributed by atoms with Gasteiger partial charge >= 0.3 is 12.3 Å². The Bertz CT molecular complexity index is 522. The molecular formula is C14H11F4O3-. The lowest BCUT2D eigenvalue weighted by atomic mass is 10.2. The van der Waals surface area contributed by atoms with Crippen LogP contribution in [-0.2, 0) is 4.79 Å². The van der Waals surface area contributed by atoms with Crippen molar-refractivity contribution in [2.75, 3.05) is 6.61 Å². The van der Waals surface area contributed by atoms with E-state index in [0.29, 0.717) is 5.56 Å². The lowest BCUT2D eigenvalue weighted by Gasteiger charge is -2.15. The van der Waals surface area contributed by atoms with E-state index in [-0.39, 0.29) is 5.75 Å². The number of allylic oxidation sites excluding steroid dienone is 2. The van der Waals surface area contributed by atoms with Crippen molar-refractivity contribution in [2.45, 2.75) is 12.3 Å². The van der Waals surface area contributed by atoms with Crippen LogP contribution in [-0.4, -0.2) is 24.9 Å². The first-order valence-corrected chi connectivity index (χ1v) is 5.76. The fourth-order valence-electron chi connectivity index (χ4n) is 1.22. The van der Waals surface area contributed by atoms with Crippen LogP contribution in [0.2, 0.25) is 0 Å². The second-order valence-electron chi connectivity index (χ2n) is 3.96. The number of rotatable bonds is 7. The maximum atomic E-state index is 12.6. The number of carboxylic acids is 1. The number of ether oxygens (including phenoxy) is 1. The smallest absolute Gasteiger partial charge is 0.340 e. The average molecular weight is 303 g/mol. The van der Waals surface area contributed by atoms with Crippen molar-refractivity contribution in [3.63, 3.8) is 0 Å². The highest BCUT2D eigenvalue weighted by Crippen LogP contribution is 2.24. The third-order valence-corrected chi connectivity index (χ3v) is 2.26. The molecule has 0 radical (unpaired) electrons. The number of carbonyl (C=O) groups excluding carboxylic acids is 1. The van der Waals surface area contributed by atoms with Gasteiger partial charge in [0.15, 0.2) is 6.61 Å². The molecule has 0 aliphatic heterocycles. The van der Waals surface area contributed by atoms with Crippen LogP contribution in [0.5, 0.6) is 5.75 Å².